The molecule has 2 amide bonds. The van der Waals surface area contributed by atoms with Crippen LogP contribution < -0.4 is 5.32 Å². The lowest BCUT2D eigenvalue weighted by atomic mass is 9.77. The minimum absolute atomic E-state index is 0.0708. The van der Waals surface area contributed by atoms with Crippen LogP contribution in [0.4, 0.5) is 4.39 Å². The molecule has 0 spiro atoms. The molecule has 0 radical (unpaired) electrons. The van der Waals surface area contributed by atoms with E-state index in [0.717, 1.165) is 24.1 Å². The summed E-state index contributed by atoms with van der Waals surface area (Å²) in [6.45, 7) is 6.76. The monoisotopic (exact) mass is 477 g/mol. The van der Waals surface area contributed by atoms with Crippen LogP contribution in [-0.4, -0.2) is 32.9 Å². The number of amides is 2. The topological polar surface area (TPSA) is 67.5 Å². The molecule has 2 aliphatic rings. The van der Waals surface area contributed by atoms with Crippen molar-refractivity contribution >= 4 is 11.8 Å². The Morgan fingerprint density at radius 2 is 1.86 bits per heavy atom. The lowest BCUT2D eigenvalue weighted by Gasteiger charge is -2.46. The number of carbonyl (C=O) groups is 2. The number of fused-ring (bicyclic) bond motifs is 1. The Bertz CT molecular complexity index is 1220. The van der Waals surface area contributed by atoms with E-state index in [1.54, 1.807) is 35.4 Å². The molecule has 1 fully saturated rings. The van der Waals surface area contributed by atoms with Gasteiger partial charge in [-0.1, -0.05) is 38.8 Å². The Labute approximate surface area is 205 Å². The molecule has 0 saturated heterocycles. The van der Waals surface area contributed by atoms with Gasteiger partial charge in [-0.05, 0) is 67.1 Å². The quantitative estimate of drug-likeness (QED) is 0.546. The van der Waals surface area contributed by atoms with Crippen molar-refractivity contribution in [2.45, 2.75) is 64.7 Å². The summed E-state index contributed by atoms with van der Waals surface area (Å²) in [5.41, 5.74) is 0.894. The number of hydrogen-bond acceptors (Lipinski definition) is 3. The minimum atomic E-state index is -1.14. The van der Waals surface area contributed by atoms with Gasteiger partial charge >= 0.3 is 0 Å². The highest BCUT2D eigenvalue weighted by Crippen LogP contribution is 2.35. The Balaban J connectivity index is 1.52. The van der Waals surface area contributed by atoms with Crippen molar-refractivity contribution in [1.82, 2.24) is 14.8 Å². The molecular formula is C28H32FN3O3. The second-order valence-electron chi connectivity index (χ2n) is 10.3. The third-order valence-electron chi connectivity index (χ3n) is 8.05. The van der Waals surface area contributed by atoms with Crippen molar-refractivity contribution in [3.05, 3.63) is 71.9 Å². The van der Waals surface area contributed by atoms with Crippen molar-refractivity contribution in [2.24, 2.45) is 11.8 Å². The minimum Gasteiger partial charge on any atom is -0.463 e. The number of carbonyl (C=O) groups excluding carboxylic acids is 2. The fourth-order valence-electron chi connectivity index (χ4n) is 5.54. The number of rotatable bonds is 5. The van der Waals surface area contributed by atoms with Crippen LogP contribution in [0.3, 0.4) is 0 Å². The van der Waals surface area contributed by atoms with Crippen LogP contribution in [0.5, 0.6) is 0 Å². The Morgan fingerprint density at radius 1 is 1.11 bits per heavy atom. The highest BCUT2D eigenvalue weighted by atomic mass is 19.1. The van der Waals surface area contributed by atoms with Crippen LogP contribution in [0.1, 0.15) is 56.1 Å². The van der Waals surface area contributed by atoms with Gasteiger partial charge in [-0.2, -0.15) is 0 Å². The molecule has 3 aromatic rings. The number of nitrogens with zero attached hydrogens (tertiary/aromatic N) is 2. The summed E-state index contributed by atoms with van der Waals surface area (Å²) in [6.07, 6.45) is 4.78. The van der Waals surface area contributed by atoms with Crippen LogP contribution >= 0.6 is 0 Å². The Morgan fingerprint density at radius 3 is 2.57 bits per heavy atom. The van der Waals surface area contributed by atoms with E-state index in [9.17, 15) is 14.0 Å². The maximum absolute atomic E-state index is 14.0. The summed E-state index contributed by atoms with van der Waals surface area (Å²) in [5, 5.41) is 3.30. The smallest absolute Gasteiger partial charge is 0.271 e. The fraction of sp³-hybridized carbons (Fsp3) is 0.429. The van der Waals surface area contributed by atoms with Crippen LogP contribution in [0.25, 0.3) is 11.5 Å². The molecule has 6 nitrogen and oxygen atoms in total. The van der Waals surface area contributed by atoms with E-state index in [1.165, 1.54) is 18.6 Å². The van der Waals surface area contributed by atoms with E-state index in [2.05, 4.69) is 19.2 Å². The molecule has 184 valence electrons. The number of benzene rings is 1. The Kier molecular flexibility index (Phi) is 6.03. The standard InChI is InChI=1S/C28H32FN3O3/c1-18-6-4-7-22(19(18)2)30-27(34)28(3)17-31-23(25-8-5-15-35-25)13-14-24(31)26(33)32(28)16-20-9-11-21(29)12-10-20/h5,8-15,18-19,22H,4,6-7,16-17H2,1-3H3,(H,30,34)/t18-,19+,22+,28+/m1/s1. The molecule has 1 aliphatic carbocycles. The summed E-state index contributed by atoms with van der Waals surface area (Å²) in [7, 11) is 0. The van der Waals surface area contributed by atoms with E-state index in [1.807, 2.05) is 23.6 Å². The number of hydrogen-bond donors (Lipinski definition) is 1. The van der Waals surface area contributed by atoms with Gasteiger partial charge in [0.15, 0.2) is 0 Å². The average molecular weight is 478 g/mol. The molecule has 1 aromatic carbocycles. The van der Waals surface area contributed by atoms with Gasteiger partial charge in [0.1, 0.15) is 22.8 Å². The zero-order chi connectivity index (χ0) is 24.7. The molecule has 0 bridgehead atoms. The fourth-order valence-corrected chi connectivity index (χ4v) is 5.54. The normalized spacial score (nSPS) is 26.5. The van der Waals surface area contributed by atoms with Gasteiger partial charge in [0.05, 0.1) is 18.5 Å². The zero-order valence-corrected chi connectivity index (χ0v) is 20.5. The molecule has 3 heterocycles. The van der Waals surface area contributed by atoms with Crippen molar-refractivity contribution in [2.75, 3.05) is 0 Å². The van der Waals surface area contributed by atoms with Gasteiger partial charge in [-0.3, -0.25) is 9.59 Å². The van der Waals surface area contributed by atoms with Crippen molar-refractivity contribution in [3.63, 3.8) is 0 Å². The molecule has 7 heteroatoms. The molecule has 0 unspecified atom stereocenters. The van der Waals surface area contributed by atoms with Gasteiger partial charge in [0, 0.05) is 12.6 Å². The first-order valence-electron chi connectivity index (χ1n) is 12.4. The number of furan rings is 1. The lowest BCUT2D eigenvalue weighted by Crippen LogP contribution is -2.65. The van der Waals surface area contributed by atoms with Crippen molar-refractivity contribution in [3.8, 4) is 11.5 Å². The van der Waals surface area contributed by atoms with Gasteiger partial charge in [-0.15, -0.1) is 0 Å². The molecule has 1 aliphatic heterocycles. The van der Waals surface area contributed by atoms with E-state index < -0.39 is 5.54 Å². The first-order chi connectivity index (χ1) is 16.8. The maximum atomic E-state index is 14.0. The highest BCUT2D eigenvalue weighted by molar-refractivity contribution is 6.00. The third kappa shape index (κ3) is 4.17. The molecule has 35 heavy (non-hydrogen) atoms. The van der Waals surface area contributed by atoms with Crippen LogP contribution in [0, 0.1) is 17.7 Å². The predicted octanol–water partition coefficient (Wildman–Crippen LogP) is 5.24. The second kappa shape index (κ2) is 9.02. The molecular weight excluding hydrogens is 445 g/mol. The summed E-state index contributed by atoms with van der Waals surface area (Å²) in [4.78, 5) is 29.4. The molecule has 1 N–H and O–H groups in total. The van der Waals surface area contributed by atoms with Crippen LogP contribution in [0.2, 0.25) is 0 Å². The van der Waals surface area contributed by atoms with Crippen LogP contribution in [0.15, 0.2) is 59.2 Å². The first-order valence-corrected chi connectivity index (χ1v) is 12.4. The highest BCUT2D eigenvalue weighted by Gasteiger charge is 2.48. The van der Waals surface area contributed by atoms with Crippen molar-refractivity contribution < 1.29 is 18.4 Å². The summed E-state index contributed by atoms with van der Waals surface area (Å²) >= 11 is 0. The number of aromatic nitrogens is 1. The predicted molar refractivity (Wildman–Crippen MR) is 131 cm³/mol. The second-order valence-corrected chi connectivity index (χ2v) is 10.3. The van der Waals surface area contributed by atoms with E-state index in [0.29, 0.717) is 29.8 Å². The number of halogens is 1. The maximum Gasteiger partial charge on any atom is 0.271 e. The number of nitrogens with one attached hydrogen (secondary N) is 1. The Hall–Kier alpha value is -3.35. The van der Waals surface area contributed by atoms with Crippen LogP contribution in [-0.2, 0) is 17.9 Å². The van der Waals surface area contributed by atoms with E-state index in [4.69, 9.17) is 4.42 Å². The van der Waals surface area contributed by atoms with Gasteiger partial charge in [-0.25, -0.2) is 4.39 Å². The van der Waals surface area contributed by atoms with Crippen molar-refractivity contribution in [1.29, 1.82) is 0 Å². The average Bonchev–Trinajstić information content (AvgIpc) is 3.51. The van der Waals surface area contributed by atoms with Gasteiger partial charge in [0.25, 0.3) is 5.91 Å². The first kappa shape index (κ1) is 23.4. The summed E-state index contributed by atoms with van der Waals surface area (Å²) in [5.74, 6) is 0.809. The zero-order valence-electron chi connectivity index (χ0n) is 20.5. The molecule has 2 aromatic heterocycles. The summed E-state index contributed by atoms with van der Waals surface area (Å²) < 4.78 is 21.0. The molecule has 5 rings (SSSR count). The molecule has 1 saturated carbocycles. The lowest BCUT2D eigenvalue weighted by molar-refractivity contribution is -0.134. The van der Waals surface area contributed by atoms with Gasteiger partial charge in [0.2, 0.25) is 5.91 Å². The summed E-state index contributed by atoms with van der Waals surface area (Å²) in [6, 6.07) is 13.4. The van der Waals surface area contributed by atoms with E-state index >= 15 is 0 Å². The largest absolute Gasteiger partial charge is 0.463 e. The third-order valence-corrected chi connectivity index (χ3v) is 8.05. The SMILES string of the molecule is C[C@H]1[C@H](C)CCC[C@@H]1NC(=O)[C@]1(C)Cn2c(ccc2-c2ccco2)C(=O)N1Cc1ccc(F)cc1. The molecule has 4 atom stereocenters. The van der Waals surface area contributed by atoms with E-state index in [-0.39, 0.29) is 30.2 Å². The van der Waals surface area contributed by atoms with Gasteiger partial charge < -0.3 is 19.2 Å².